The zero-order chi connectivity index (χ0) is 32.0. The highest BCUT2D eigenvalue weighted by molar-refractivity contribution is 5.84. The Labute approximate surface area is 259 Å². The Morgan fingerprint density at radius 1 is 0.750 bits per heavy atom. The van der Waals surface area contributed by atoms with Crippen LogP contribution in [0.4, 0.5) is 4.79 Å². The number of hydrogen-bond donors (Lipinski definition) is 3. The van der Waals surface area contributed by atoms with Crippen molar-refractivity contribution in [3.05, 3.63) is 65.7 Å². The highest BCUT2D eigenvalue weighted by Crippen LogP contribution is 2.13. The van der Waals surface area contributed by atoms with Gasteiger partial charge in [-0.15, -0.1) is 0 Å². The maximum absolute atomic E-state index is 12.8. The van der Waals surface area contributed by atoms with Crippen LogP contribution in [0.2, 0.25) is 0 Å². The number of carbonyl (C=O) groups excluding carboxylic acids is 3. The second-order valence-electron chi connectivity index (χ2n) is 10.7. The third-order valence-corrected chi connectivity index (χ3v) is 5.72. The first-order chi connectivity index (χ1) is 21.1. The Hall–Kier alpha value is -3.71. The summed E-state index contributed by atoms with van der Waals surface area (Å²) in [6.45, 7) is 8.57. The fourth-order valence-electron chi connectivity index (χ4n) is 3.62. The number of aromatic hydroxyl groups is 1. The molecule has 0 fully saturated rings. The van der Waals surface area contributed by atoms with E-state index in [0.717, 1.165) is 11.1 Å². The van der Waals surface area contributed by atoms with Crippen LogP contribution in [0.5, 0.6) is 5.75 Å². The highest BCUT2D eigenvalue weighted by Gasteiger charge is 2.23. The molecule has 0 aliphatic carbocycles. The molecule has 0 aliphatic rings. The van der Waals surface area contributed by atoms with Crippen LogP contribution in [0.3, 0.4) is 0 Å². The quantitative estimate of drug-likeness (QED) is 0.141. The van der Waals surface area contributed by atoms with E-state index in [1.54, 1.807) is 32.9 Å². The number of alkyl carbamates (subject to hydrolysis) is 1. The van der Waals surface area contributed by atoms with Gasteiger partial charge in [-0.3, -0.25) is 4.79 Å². The number of carbonyl (C=O) groups is 3. The second-order valence-corrected chi connectivity index (χ2v) is 10.7. The van der Waals surface area contributed by atoms with Crippen molar-refractivity contribution in [1.29, 1.82) is 0 Å². The maximum Gasteiger partial charge on any atom is 0.407 e. The van der Waals surface area contributed by atoms with Crippen molar-refractivity contribution in [2.24, 2.45) is 0 Å². The van der Waals surface area contributed by atoms with Crippen LogP contribution in [0.15, 0.2) is 54.6 Å². The van der Waals surface area contributed by atoms with Crippen molar-refractivity contribution in [3.63, 3.8) is 0 Å². The van der Waals surface area contributed by atoms with Crippen LogP contribution < -0.4 is 10.6 Å². The van der Waals surface area contributed by atoms with Crippen molar-refractivity contribution in [3.8, 4) is 5.75 Å². The molecule has 1 atom stereocenters. The average Bonchev–Trinajstić information content (AvgIpc) is 2.98. The molecule has 12 heteroatoms. The van der Waals surface area contributed by atoms with Gasteiger partial charge in [-0.2, -0.15) is 0 Å². The lowest BCUT2D eigenvalue weighted by atomic mass is 10.1. The van der Waals surface area contributed by atoms with Gasteiger partial charge < -0.3 is 44.2 Å². The lowest BCUT2D eigenvalue weighted by molar-refractivity contribution is -0.149. The van der Waals surface area contributed by atoms with Gasteiger partial charge >= 0.3 is 12.1 Å². The minimum atomic E-state index is -0.890. The molecule has 0 spiro atoms. The predicted molar refractivity (Wildman–Crippen MR) is 162 cm³/mol. The lowest BCUT2D eigenvalue weighted by Gasteiger charge is -2.19. The first kappa shape index (κ1) is 36.5. The first-order valence-corrected chi connectivity index (χ1v) is 14.7. The summed E-state index contributed by atoms with van der Waals surface area (Å²) in [5, 5.41) is 14.9. The summed E-state index contributed by atoms with van der Waals surface area (Å²) in [7, 11) is 0. The molecule has 0 aliphatic heterocycles. The average molecular weight is 619 g/mol. The monoisotopic (exact) mass is 618 g/mol. The molecule has 0 saturated carbocycles. The third kappa shape index (κ3) is 18.1. The molecule has 44 heavy (non-hydrogen) atoms. The number of esters is 1. The van der Waals surface area contributed by atoms with E-state index in [-0.39, 0.29) is 37.7 Å². The molecule has 3 N–H and O–H groups in total. The van der Waals surface area contributed by atoms with Crippen molar-refractivity contribution in [1.82, 2.24) is 10.6 Å². The number of hydrogen-bond acceptors (Lipinski definition) is 10. The summed E-state index contributed by atoms with van der Waals surface area (Å²) in [6.07, 6.45) is -0.198. The van der Waals surface area contributed by atoms with Crippen molar-refractivity contribution >= 4 is 18.0 Å². The molecule has 2 aromatic rings. The Morgan fingerprint density at radius 3 is 1.91 bits per heavy atom. The third-order valence-electron chi connectivity index (χ3n) is 5.72. The van der Waals surface area contributed by atoms with Crippen LogP contribution in [0.1, 0.15) is 38.3 Å². The van der Waals surface area contributed by atoms with E-state index in [4.69, 9.17) is 28.4 Å². The molecule has 12 nitrogen and oxygen atoms in total. The minimum absolute atomic E-state index is 0.0639. The standard InChI is InChI=1S/C32H46N2O10/c1-32(2,3)44-31(38)33-14-16-40-18-20-42-22-21-41-19-17-39-15-13-29(36)34-28(23-25-9-11-27(35)12-10-25)30(37)43-24-26-7-5-4-6-8-26/h4-12,28,35H,13-24H2,1-3H3,(H,33,38)(H,34,36). The highest BCUT2D eigenvalue weighted by atomic mass is 16.6. The maximum atomic E-state index is 12.8. The lowest BCUT2D eigenvalue weighted by Crippen LogP contribution is -2.43. The van der Waals surface area contributed by atoms with Gasteiger partial charge in [-0.1, -0.05) is 42.5 Å². The summed E-state index contributed by atoms with van der Waals surface area (Å²) in [6, 6.07) is 14.8. The minimum Gasteiger partial charge on any atom is -0.508 e. The van der Waals surface area contributed by atoms with E-state index in [2.05, 4.69) is 10.6 Å². The fraction of sp³-hybridized carbons (Fsp3) is 0.531. The number of amides is 2. The number of phenols is 1. The number of rotatable bonds is 21. The zero-order valence-electron chi connectivity index (χ0n) is 25.9. The topological polar surface area (TPSA) is 151 Å². The normalized spacial score (nSPS) is 11.9. The molecule has 2 aromatic carbocycles. The predicted octanol–water partition coefficient (Wildman–Crippen LogP) is 3.14. The molecule has 0 heterocycles. The summed E-state index contributed by atoms with van der Waals surface area (Å²) >= 11 is 0. The van der Waals surface area contributed by atoms with E-state index >= 15 is 0 Å². The largest absolute Gasteiger partial charge is 0.508 e. The van der Waals surface area contributed by atoms with Gasteiger partial charge in [-0.05, 0) is 44.0 Å². The summed E-state index contributed by atoms with van der Waals surface area (Å²) in [5.74, 6) is -0.779. The number of benzene rings is 2. The molecule has 2 rings (SSSR count). The van der Waals surface area contributed by atoms with E-state index in [1.807, 2.05) is 30.3 Å². The number of nitrogens with one attached hydrogen (secondary N) is 2. The first-order valence-electron chi connectivity index (χ1n) is 14.7. The Bertz CT molecular complexity index is 1090. The van der Waals surface area contributed by atoms with Crippen LogP contribution in [0.25, 0.3) is 0 Å². The van der Waals surface area contributed by atoms with Crippen LogP contribution >= 0.6 is 0 Å². The second kappa shape index (κ2) is 21.1. The Morgan fingerprint density at radius 2 is 1.32 bits per heavy atom. The molecule has 0 saturated heterocycles. The Balaban J connectivity index is 1.52. The SMILES string of the molecule is CC(C)(C)OC(=O)NCCOCCOCCOCCOCCC(=O)NC(Cc1ccc(O)cc1)C(=O)OCc1ccccc1. The van der Waals surface area contributed by atoms with Gasteiger partial charge in [0.25, 0.3) is 0 Å². The summed E-state index contributed by atoms with van der Waals surface area (Å²) in [5.41, 5.74) is 1.07. The van der Waals surface area contributed by atoms with Gasteiger partial charge in [0.05, 0.1) is 52.9 Å². The summed E-state index contributed by atoms with van der Waals surface area (Å²) < 4.78 is 32.3. The van der Waals surface area contributed by atoms with E-state index in [0.29, 0.717) is 52.8 Å². The molecule has 0 bridgehead atoms. The molecule has 0 radical (unpaired) electrons. The van der Waals surface area contributed by atoms with Crippen molar-refractivity contribution < 1.29 is 47.9 Å². The van der Waals surface area contributed by atoms with E-state index in [1.165, 1.54) is 12.1 Å². The smallest absolute Gasteiger partial charge is 0.407 e. The van der Waals surface area contributed by atoms with Gasteiger partial charge in [0.1, 0.15) is 24.0 Å². The van der Waals surface area contributed by atoms with Gasteiger partial charge in [0.15, 0.2) is 0 Å². The zero-order valence-corrected chi connectivity index (χ0v) is 25.9. The molecule has 2 amide bonds. The van der Waals surface area contributed by atoms with Crippen molar-refractivity contribution in [2.75, 3.05) is 59.4 Å². The van der Waals surface area contributed by atoms with Gasteiger partial charge in [0.2, 0.25) is 5.91 Å². The van der Waals surface area contributed by atoms with Crippen LogP contribution in [-0.2, 0) is 51.0 Å². The number of phenolic OH excluding ortho intramolecular Hbond substituents is 1. The van der Waals surface area contributed by atoms with E-state index in [9.17, 15) is 19.5 Å². The molecule has 244 valence electrons. The van der Waals surface area contributed by atoms with Gasteiger partial charge in [0, 0.05) is 19.4 Å². The van der Waals surface area contributed by atoms with Crippen molar-refractivity contribution in [2.45, 2.75) is 51.9 Å². The number of ether oxygens (including phenoxy) is 6. The molecule has 1 unspecified atom stereocenters. The van der Waals surface area contributed by atoms with E-state index < -0.39 is 23.7 Å². The molecule has 0 aromatic heterocycles. The van der Waals surface area contributed by atoms with Gasteiger partial charge in [-0.25, -0.2) is 9.59 Å². The van der Waals surface area contributed by atoms with Crippen LogP contribution in [0, 0.1) is 0 Å². The molecular formula is C32H46N2O10. The summed E-state index contributed by atoms with van der Waals surface area (Å²) in [4.78, 5) is 36.9. The van der Waals surface area contributed by atoms with Crippen LogP contribution in [-0.4, -0.2) is 94.1 Å². The fourth-order valence-corrected chi connectivity index (χ4v) is 3.62. The Kier molecular flexibility index (Phi) is 17.5. The molecular weight excluding hydrogens is 572 g/mol.